The van der Waals surface area contributed by atoms with Crippen LogP contribution < -0.4 is 9.47 Å². The maximum absolute atomic E-state index is 13.4. The third-order valence-electron chi connectivity index (χ3n) is 4.19. The molecule has 26 heavy (non-hydrogen) atoms. The molecule has 0 spiro atoms. The van der Waals surface area contributed by atoms with Crippen LogP contribution in [-0.2, 0) is 6.61 Å². The summed E-state index contributed by atoms with van der Waals surface area (Å²) >= 11 is 0. The second-order valence-electron chi connectivity index (χ2n) is 6.03. The topological polar surface area (TPSA) is 48.4 Å². The highest BCUT2D eigenvalue weighted by Gasteiger charge is 2.18. The number of fused-ring (bicyclic) bond motifs is 1. The van der Waals surface area contributed by atoms with Crippen molar-refractivity contribution in [1.29, 1.82) is 0 Å². The fraction of sp³-hybridized carbons (Fsp3) is 0.143. The highest BCUT2D eigenvalue weighted by Crippen LogP contribution is 2.29. The van der Waals surface area contributed by atoms with Gasteiger partial charge >= 0.3 is 0 Å². The van der Waals surface area contributed by atoms with Crippen molar-refractivity contribution < 1.29 is 18.7 Å². The number of pyridine rings is 1. The van der Waals surface area contributed by atoms with Crippen molar-refractivity contribution in [1.82, 2.24) is 4.98 Å². The number of benzene rings is 2. The van der Waals surface area contributed by atoms with Crippen LogP contribution in [0.25, 0.3) is 11.3 Å². The molecule has 0 N–H and O–H groups in total. The van der Waals surface area contributed by atoms with Crippen LogP contribution in [0.5, 0.6) is 11.5 Å². The molecule has 3 aromatic rings. The number of aromatic nitrogens is 1. The lowest BCUT2D eigenvalue weighted by Crippen LogP contribution is -2.15. The Hall–Kier alpha value is -3.21. The van der Waals surface area contributed by atoms with Crippen LogP contribution in [0.4, 0.5) is 4.39 Å². The zero-order valence-electron chi connectivity index (χ0n) is 13.9. The van der Waals surface area contributed by atoms with Gasteiger partial charge in [-0.25, -0.2) is 4.39 Å². The lowest BCUT2D eigenvalue weighted by molar-refractivity contribution is 0.0933. The normalized spacial score (nSPS) is 13.0. The second kappa shape index (κ2) is 6.96. The molecular formula is C21H16FNO3. The van der Waals surface area contributed by atoms with E-state index < -0.39 is 0 Å². The van der Waals surface area contributed by atoms with Crippen molar-refractivity contribution in [3.05, 3.63) is 77.7 Å². The van der Waals surface area contributed by atoms with Crippen molar-refractivity contribution in [2.24, 2.45) is 0 Å². The van der Waals surface area contributed by atoms with Gasteiger partial charge in [0.05, 0.1) is 17.9 Å². The summed E-state index contributed by atoms with van der Waals surface area (Å²) in [5.74, 6) is 0.984. The minimum Gasteiger partial charge on any atom is -0.492 e. The monoisotopic (exact) mass is 349 g/mol. The molecule has 0 bridgehead atoms. The van der Waals surface area contributed by atoms with Gasteiger partial charge in [-0.05, 0) is 42.0 Å². The molecule has 130 valence electrons. The fourth-order valence-electron chi connectivity index (χ4n) is 2.87. The number of ketones is 1. The van der Waals surface area contributed by atoms with Crippen molar-refractivity contribution in [3.63, 3.8) is 0 Å². The van der Waals surface area contributed by atoms with Crippen molar-refractivity contribution >= 4 is 5.78 Å². The first-order chi connectivity index (χ1) is 12.7. The Kier molecular flexibility index (Phi) is 4.35. The number of Topliss-reactive ketones (excluding diaryl/α,β-unsaturated/α-hetero) is 1. The number of carbonyl (C=O) groups is 1. The lowest BCUT2D eigenvalue weighted by Gasteiger charge is -2.17. The molecule has 2 heterocycles. The third kappa shape index (κ3) is 3.42. The molecule has 0 saturated heterocycles. The van der Waals surface area contributed by atoms with Crippen LogP contribution in [0.3, 0.4) is 0 Å². The summed E-state index contributed by atoms with van der Waals surface area (Å²) in [4.78, 5) is 16.1. The number of hydrogen-bond acceptors (Lipinski definition) is 4. The molecule has 2 aromatic carbocycles. The first-order valence-electron chi connectivity index (χ1n) is 8.33. The highest BCUT2D eigenvalue weighted by molar-refractivity contribution is 5.99. The summed E-state index contributed by atoms with van der Waals surface area (Å²) in [5, 5.41) is 0. The van der Waals surface area contributed by atoms with E-state index in [0.717, 1.165) is 5.56 Å². The van der Waals surface area contributed by atoms with Crippen molar-refractivity contribution in [2.75, 3.05) is 6.61 Å². The highest BCUT2D eigenvalue weighted by atomic mass is 19.1. The summed E-state index contributed by atoms with van der Waals surface area (Å²) in [6.07, 6.45) is 2.08. The van der Waals surface area contributed by atoms with Gasteiger partial charge in [-0.1, -0.05) is 12.1 Å². The molecule has 0 atom stereocenters. The largest absolute Gasteiger partial charge is 0.492 e. The van der Waals surface area contributed by atoms with E-state index in [2.05, 4.69) is 4.98 Å². The number of ether oxygens (including phenoxy) is 2. The van der Waals surface area contributed by atoms with E-state index in [1.54, 1.807) is 30.5 Å². The minimum atomic E-state index is -0.297. The Labute approximate surface area is 150 Å². The van der Waals surface area contributed by atoms with E-state index in [0.29, 0.717) is 48.0 Å². The van der Waals surface area contributed by atoms with Crippen LogP contribution in [0, 0.1) is 5.82 Å². The molecule has 0 amide bonds. The molecule has 0 saturated carbocycles. The Bertz CT molecular complexity index is 971. The molecule has 0 aliphatic carbocycles. The van der Waals surface area contributed by atoms with Crippen LogP contribution >= 0.6 is 0 Å². The smallest absolute Gasteiger partial charge is 0.169 e. The number of rotatable bonds is 4. The SMILES string of the molecule is O=C1CCOc2cc(OCc3ccnc(-c4cccc(F)c4)c3)ccc21. The van der Waals surface area contributed by atoms with Gasteiger partial charge in [0.25, 0.3) is 0 Å². The minimum absolute atomic E-state index is 0.0895. The predicted molar refractivity (Wildman–Crippen MR) is 94.8 cm³/mol. The molecular weight excluding hydrogens is 333 g/mol. The van der Waals surface area contributed by atoms with Crippen LogP contribution in [0.15, 0.2) is 60.8 Å². The zero-order chi connectivity index (χ0) is 17.9. The molecule has 5 heteroatoms. The first-order valence-corrected chi connectivity index (χ1v) is 8.33. The van der Waals surface area contributed by atoms with E-state index in [-0.39, 0.29) is 11.6 Å². The van der Waals surface area contributed by atoms with Gasteiger partial charge in [-0.15, -0.1) is 0 Å². The second-order valence-corrected chi connectivity index (χ2v) is 6.03. The van der Waals surface area contributed by atoms with E-state index >= 15 is 0 Å². The van der Waals surface area contributed by atoms with Crippen LogP contribution in [0.2, 0.25) is 0 Å². The van der Waals surface area contributed by atoms with Gasteiger partial charge in [0.2, 0.25) is 0 Å². The van der Waals surface area contributed by atoms with Gasteiger partial charge in [-0.2, -0.15) is 0 Å². The average molecular weight is 349 g/mol. The summed E-state index contributed by atoms with van der Waals surface area (Å²) in [6, 6.07) is 15.3. The third-order valence-corrected chi connectivity index (χ3v) is 4.19. The number of carbonyl (C=O) groups excluding carboxylic acids is 1. The molecule has 4 nitrogen and oxygen atoms in total. The molecule has 0 radical (unpaired) electrons. The summed E-state index contributed by atoms with van der Waals surface area (Å²) in [7, 11) is 0. The molecule has 1 aromatic heterocycles. The Morgan fingerprint density at radius 1 is 1.12 bits per heavy atom. The Balaban J connectivity index is 1.50. The Morgan fingerprint density at radius 3 is 2.92 bits per heavy atom. The molecule has 0 unspecified atom stereocenters. The van der Waals surface area contributed by atoms with E-state index in [1.165, 1.54) is 12.1 Å². The number of halogens is 1. The zero-order valence-corrected chi connectivity index (χ0v) is 13.9. The summed E-state index contributed by atoms with van der Waals surface area (Å²) in [5.41, 5.74) is 2.91. The molecule has 0 fully saturated rings. The number of hydrogen-bond donors (Lipinski definition) is 0. The maximum atomic E-state index is 13.4. The fourth-order valence-corrected chi connectivity index (χ4v) is 2.87. The molecule has 4 rings (SSSR count). The van der Waals surface area contributed by atoms with Crippen LogP contribution in [-0.4, -0.2) is 17.4 Å². The number of nitrogens with zero attached hydrogens (tertiary/aromatic N) is 1. The first kappa shape index (κ1) is 16.3. The lowest BCUT2D eigenvalue weighted by atomic mass is 10.1. The van der Waals surface area contributed by atoms with E-state index in [9.17, 15) is 9.18 Å². The van der Waals surface area contributed by atoms with Gasteiger partial charge in [0.15, 0.2) is 5.78 Å². The van der Waals surface area contributed by atoms with Gasteiger partial charge in [-0.3, -0.25) is 9.78 Å². The van der Waals surface area contributed by atoms with Gasteiger partial charge in [0, 0.05) is 24.2 Å². The summed E-state index contributed by atoms with van der Waals surface area (Å²) in [6.45, 7) is 0.730. The van der Waals surface area contributed by atoms with Gasteiger partial charge in [0.1, 0.15) is 23.9 Å². The quantitative estimate of drug-likeness (QED) is 0.699. The van der Waals surface area contributed by atoms with Crippen LogP contribution in [0.1, 0.15) is 22.3 Å². The van der Waals surface area contributed by atoms with Crippen molar-refractivity contribution in [2.45, 2.75) is 13.0 Å². The van der Waals surface area contributed by atoms with E-state index in [4.69, 9.17) is 9.47 Å². The van der Waals surface area contributed by atoms with Gasteiger partial charge < -0.3 is 9.47 Å². The maximum Gasteiger partial charge on any atom is 0.169 e. The standard InChI is InChI=1S/C21H16FNO3/c22-16-3-1-2-15(11-16)19-10-14(6-8-23-19)13-26-17-4-5-18-20(24)7-9-25-21(18)12-17/h1-6,8,10-12H,7,9,13H2. The Morgan fingerprint density at radius 2 is 2.04 bits per heavy atom. The predicted octanol–water partition coefficient (Wildman–Crippen LogP) is 4.43. The summed E-state index contributed by atoms with van der Waals surface area (Å²) < 4.78 is 24.7. The average Bonchev–Trinajstić information content (AvgIpc) is 2.67. The molecule has 1 aliphatic rings. The van der Waals surface area contributed by atoms with E-state index in [1.807, 2.05) is 18.2 Å². The molecule has 1 aliphatic heterocycles. The van der Waals surface area contributed by atoms with Crippen molar-refractivity contribution in [3.8, 4) is 22.8 Å².